The first-order valence-electron chi connectivity index (χ1n) is 6.82. The van der Waals surface area contributed by atoms with Gasteiger partial charge in [0.25, 0.3) is 0 Å². The Morgan fingerprint density at radius 2 is 2.12 bits per heavy atom. The van der Waals surface area contributed by atoms with Crippen LogP contribution in [0.5, 0.6) is 5.75 Å². The molecule has 2 rings (SSSR count). The van der Waals surface area contributed by atoms with Crippen LogP contribution >= 0.6 is 0 Å². The van der Waals surface area contributed by atoms with Crippen LogP contribution in [0.25, 0.3) is 0 Å². The molecule has 1 nitrogen and oxygen atoms in total. The summed E-state index contributed by atoms with van der Waals surface area (Å²) in [4.78, 5) is 0. The quantitative estimate of drug-likeness (QED) is 0.753. The third kappa shape index (κ3) is 1.86. The van der Waals surface area contributed by atoms with Crippen LogP contribution in [0.4, 0.5) is 0 Å². The SMILES string of the molecule is CCC1(C(C)C)CCCc2cccc(OC)c21. The van der Waals surface area contributed by atoms with E-state index in [1.807, 2.05) is 0 Å². The van der Waals surface area contributed by atoms with E-state index in [9.17, 15) is 0 Å². The van der Waals surface area contributed by atoms with Gasteiger partial charge in [0.1, 0.15) is 5.75 Å². The molecule has 1 aromatic carbocycles. The van der Waals surface area contributed by atoms with E-state index >= 15 is 0 Å². The lowest BCUT2D eigenvalue weighted by molar-refractivity contribution is 0.242. The smallest absolute Gasteiger partial charge is 0.122 e. The second-order valence-electron chi connectivity index (χ2n) is 5.51. The summed E-state index contributed by atoms with van der Waals surface area (Å²) in [5.74, 6) is 1.76. The second kappa shape index (κ2) is 4.72. The largest absolute Gasteiger partial charge is 0.496 e. The fourth-order valence-corrected chi connectivity index (χ4v) is 3.58. The van der Waals surface area contributed by atoms with E-state index in [0.29, 0.717) is 11.3 Å². The molecule has 0 radical (unpaired) electrons. The van der Waals surface area contributed by atoms with Crippen molar-refractivity contribution in [2.75, 3.05) is 7.11 Å². The van der Waals surface area contributed by atoms with Crippen LogP contribution in [0.3, 0.4) is 0 Å². The standard InChI is InChI=1S/C16H24O/c1-5-16(12(2)3)11-7-9-13-8-6-10-14(17-4)15(13)16/h6,8,10,12H,5,7,9,11H2,1-4H3. The van der Waals surface area contributed by atoms with Gasteiger partial charge in [-0.05, 0) is 43.2 Å². The first-order valence-corrected chi connectivity index (χ1v) is 6.82. The maximum Gasteiger partial charge on any atom is 0.122 e. The predicted molar refractivity (Wildman–Crippen MR) is 72.7 cm³/mol. The minimum Gasteiger partial charge on any atom is -0.496 e. The minimum atomic E-state index is 0.320. The molecule has 1 aliphatic rings. The van der Waals surface area contributed by atoms with Gasteiger partial charge in [-0.2, -0.15) is 0 Å². The highest BCUT2D eigenvalue weighted by Gasteiger charge is 2.39. The minimum absolute atomic E-state index is 0.320. The molecule has 1 atom stereocenters. The van der Waals surface area contributed by atoms with Crippen molar-refractivity contribution in [2.24, 2.45) is 5.92 Å². The van der Waals surface area contributed by atoms with Gasteiger partial charge in [-0.3, -0.25) is 0 Å². The van der Waals surface area contributed by atoms with E-state index in [0.717, 1.165) is 5.75 Å². The zero-order valence-electron chi connectivity index (χ0n) is 11.5. The van der Waals surface area contributed by atoms with Crippen LogP contribution in [-0.2, 0) is 11.8 Å². The van der Waals surface area contributed by atoms with Gasteiger partial charge >= 0.3 is 0 Å². The molecule has 0 saturated carbocycles. The maximum atomic E-state index is 5.62. The van der Waals surface area contributed by atoms with Gasteiger partial charge in [-0.1, -0.05) is 32.9 Å². The van der Waals surface area contributed by atoms with Crippen LogP contribution in [0.15, 0.2) is 18.2 Å². The van der Waals surface area contributed by atoms with Crippen molar-refractivity contribution in [1.82, 2.24) is 0 Å². The average molecular weight is 232 g/mol. The molecule has 1 unspecified atom stereocenters. The van der Waals surface area contributed by atoms with E-state index in [4.69, 9.17) is 4.74 Å². The summed E-state index contributed by atoms with van der Waals surface area (Å²) in [5, 5.41) is 0. The van der Waals surface area contributed by atoms with Gasteiger partial charge in [0.05, 0.1) is 7.11 Å². The zero-order chi connectivity index (χ0) is 12.5. The summed E-state index contributed by atoms with van der Waals surface area (Å²) in [5.41, 5.74) is 3.32. The molecule has 0 fully saturated rings. The number of benzene rings is 1. The topological polar surface area (TPSA) is 9.23 Å². The van der Waals surface area contributed by atoms with Gasteiger partial charge in [-0.25, -0.2) is 0 Å². The molecule has 1 aromatic rings. The Balaban J connectivity index is 2.62. The highest BCUT2D eigenvalue weighted by atomic mass is 16.5. The van der Waals surface area contributed by atoms with Crippen molar-refractivity contribution in [1.29, 1.82) is 0 Å². The highest BCUT2D eigenvalue weighted by molar-refractivity contribution is 5.47. The molecule has 0 N–H and O–H groups in total. The molecule has 1 aliphatic carbocycles. The summed E-state index contributed by atoms with van der Waals surface area (Å²) in [6.07, 6.45) is 5.03. The van der Waals surface area contributed by atoms with E-state index in [1.54, 1.807) is 7.11 Å². The molecular formula is C16H24O. The summed E-state index contributed by atoms with van der Waals surface area (Å²) in [6.45, 7) is 7.03. The zero-order valence-corrected chi connectivity index (χ0v) is 11.5. The monoisotopic (exact) mass is 232 g/mol. The Hall–Kier alpha value is -0.980. The first kappa shape index (κ1) is 12.5. The molecule has 0 heterocycles. The Kier molecular flexibility index (Phi) is 3.46. The molecule has 17 heavy (non-hydrogen) atoms. The van der Waals surface area contributed by atoms with Crippen molar-refractivity contribution in [3.8, 4) is 5.75 Å². The summed E-state index contributed by atoms with van der Waals surface area (Å²) in [7, 11) is 1.80. The van der Waals surface area contributed by atoms with Crippen molar-refractivity contribution >= 4 is 0 Å². The van der Waals surface area contributed by atoms with Crippen LogP contribution in [0, 0.1) is 5.92 Å². The Bertz CT molecular complexity index is 380. The Morgan fingerprint density at radius 1 is 1.35 bits per heavy atom. The fourth-order valence-electron chi connectivity index (χ4n) is 3.58. The summed E-state index contributed by atoms with van der Waals surface area (Å²) in [6, 6.07) is 6.53. The third-order valence-electron chi connectivity index (χ3n) is 4.64. The molecule has 0 aliphatic heterocycles. The van der Waals surface area contributed by atoms with Crippen molar-refractivity contribution in [3.63, 3.8) is 0 Å². The number of fused-ring (bicyclic) bond motifs is 1. The number of rotatable bonds is 3. The Labute approximate surface area is 105 Å². The van der Waals surface area contributed by atoms with Gasteiger partial charge in [0, 0.05) is 11.0 Å². The molecule has 0 bridgehead atoms. The van der Waals surface area contributed by atoms with E-state index in [1.165, 1.54) is 36.8 Å². The number of ether oxygens (including phenoxy) is 1. The van der Waals surface area contributed by atoms with E-state index < -0.39 is 0 Å². The molecule has 0 aromatic heterocycles. The number of hydrogen-bond donors (Lipinski definition) is 0. The molecule has 0 spiro atoms. The lowest BCUT2D eigenvalue weighted by Crippen LogP contribution is -2.36. The normalized spacial score (nSPS) is 23.6. The predicted octanol–water partition coefficient (Wildman–Crippen LogP) is 4.34. The lowest BCUT2D eigenvalue weighted by Gasteiger charge is -2.43. The molecule has 1 heteroatoms. The Morgan fingerprint density at radius 3 is 2.71 bits per heavy atom. The maximum absolute atomic E-state index is 5.62. The molecule has 94 valence electrons. The molecule has 0 amide bonds. The van der Waals surface area contributed by atoms with Crippen LogP contribution in [0.2, 0.25) is 0 Å². The lowest BCUT2D eigenvalue weighted by atomic mass is 9.62. The van der Waals surface area contributed by atoms with Crippen LogP contribution in [-0.4, -0.2) is 7.11 Å². The van der Waals surface area contributed by atoms with Gasteiger partial charge in [-0.15, -0.1) is 0 Å². The van der Waals surface area contributed by atoms with Crippen LogP contribution in [0.1, 0.15) is 51.2 Å². The van der Waals surface area contributed by atoms with Crippen molar-refractivity contribution in [3.05, 3.63) is 29.3 Å². The molecular weight excluding hydrogens is 208 g/mol. The number of aryl methyl sites for hydroxylation is 1. The average Bonchev–Trinajstić information content (AvgIpc) is 2.36. The van der Waals surface area contributed by atoms with Gasteiger partial charge in [0.15, 0.2) is 0 Å². The third-order valence-corrected chi connectivity index (χ3v) is 4.64. The number of hydrogen-bond acceptors (Lipinski definition) is 1. The van der Waals surface area contributed by atoms with Crippen LogP contribution < -0.4 is 4.74 Å². The van der Waals surface area contributed by atoms with Crippen molar-refractivity contribution < 1.29 is 4.74 Å². The number of methoxy groups -OCH3 is 1. The van der Waals surface area contributed by atoms with Gasteiger partial charge < -0.3 is 4.74 Å². The van der Waals surface area contributed by atoms with Gasteiger partial charge in [0.2, 0.25) is 0 Å². The first-order chi connectivity index (χ1) is 8.15. The van der Waals surface area contributed by atoms with E-state index in [-0.39, 0.29) is 0 Å². The highest BCUT2D eigenvalue weighted by Crippen LogP contribution is 2.48. The van der Waals surface area contributed by atoms with E-state index in [2.05, 4.69) is 39.0 Å². The summed E-state index contributed by atoms with van der Waals surface area (Å²) >= 11 is 0. The fraction of sp³-hybridized carbons (Fsp3) is 0.625. The summed E-state index contributed by atoms with van der Waals surface area (Å²) < 4.78 is 5.62. The molecule has 0 saturated heterocycles. The second-order valence-corrected chi connectivity index (χ2v) is 5.51. The van der Waals surface area contributed by atoms with Crippen molar-refractivity contribution in [2.45, 2.75) is 51.9 Å².